The van der Waals surface area contributed by atoms with Crippen LogP contribution in [0.5, 0.6) is 5.75 Å². The highest BCUT2D eigenvalue weighted by Crippen LogP contribution is 2.31. The van der Waals surface area contributed by atoms with Crippen LogP contribution >= 0.6 is 11.8 Å². The Kier molecular flexibility index (Phi) is 5.65. The van der Waals surface area contributed by atoms with Crippen molar-refractivity contribution in [2.45, 2.75) is 43.6 Å². The number of rotatable bonds is 7. The lowest BCUT2D eigenvalue weighted by Gasteiger charge is -2.11. The first-order valence-corrected chi connectivity index (χ1v) is 9.56. The monoisotopic (exact) mass is 385 g/mol. The molecule has 0 bridgehead atoms. The molecule has 1 aromatic carbocycles. The Labute approximate surface area is 162 Å². The summed E-state index contributed by atoms with van der Waals surface area (Å²) in [7, 11) is 1.64. The molecule has 8 heteroatoms. The summed E-state index contributed by atoms with van der Waals surface area (Å²) in [6.07, 6.45) is 1.82. The maximum atomic E-state index is 5.46. The van der Waals surface area contributed by atoms with Crippen molar-refractivity contribution in [2.75, 3.05) is 7.11 Å². The largest absolute Gasteiger partial charge is 0.496 e. The van der Waals surface area contributed by atoms with E-state index in [1.807, 2.05) is 34.9 Å². The Morgan fingerprint density at radius 3 is 2.70 bits per heavy atom. The van der Waals surface area contributed by atoms with E-state index in [4.69, 9.17) is 9.26 Å². The molecule has 0 amide bonds. The highest BCUT2D eigenvalue weighted by Gasteiger charge is 2.22. The van der Waals surface area contributed by atoms with E-state index in [0.29, 0.717) is 24.0 Å². The molecule has 27 heavy (non-hydrogen) atoms. The van der Waals surface area contributed by atoms with Gasteiger partial charge in [0.25, 0.3) is 0 Å². The zero-order valence-corrected chi connectivity index (χ0v) is 16.8. The van der Waals surface area contributed by atoms with E-state index in [0.717, 1.165) is 22.3 Å². The first-order chi connectivity index (χ1) is 12.9. The Morgan fingerprint density at radius 2 is 2.04 bits per heavy atom. The van der Waals surface area contributed by atoms with Gasteiger partial charge in [-0.1, -0.05) is 55.9 Å². The van der Waals surface area contributed by atoms with E-state index in [1.54, 1.807) is 7.11 Å². The molecule has 0 saturated heterocycles. The van der Waals surface area contributed by atoms with Gasteiger partial charge in [-0.25, -0.2) is 0 Å². The van der Waals surface area contributed by atoms with Gasteiger partial charge in [0.2, 0.25) is 5.89 Å². The molecule has 0 saturated carbocycles. The van der Waals surface area contributed by atoms with Gasteiger partial charge in [-0.05, 0) is 12.1 Å². The standard InChI is InChI=1S/C19H23N5O2S/c1-6-11-24-16(13-9-7-8-10-14(13)25-5)21-22-18(24)27-12-15-20-17(23-26-15)19(2,3)4/h6-10H,1,11-12H2,2-5H3. The molecule has 0 N–H and O–H groups in total. The fraction of sp³-hybridized carbons (Fsp3) is 0.368. The van der Waals surface area contributed by atoms with Gasteiger partial charge in [0, 0.05) is 12.0 Å². The second-order valence-corrected chi connectivity index (χ2v) is 7.90. The van der Waals surface area contributed by atoms with Crippen LogP contribution < -0.4 is 4.74 Å². The highest BCUT2D eigenvalue weighted by molar-refractivity contribution is 7.98. The number of hydrogen-bond acceptors (Lipinski definition) is 7. The van der Waals surface area contributed by atoms with Crippen LogP contribution in [0.4, 0.5) is 0 Å². The second kappa shape index (κ2) is 7.96. The average molecular weight is 385 g/mol. The maximum absolute atomic E-state index is 5.46. The van der Waals surface area contributed by atoms with Crippen LogP contribution in [0.2, 0.25) is 0 Å². The molecule has 0 aliphatic heterocycles. The van der Waals surface area contributed by atoms with E-state index in [1.165, 1.54) is 11.8 Å². The summed E-state index contributed by atoms with van der Waals surface area (Å²) in [5.41, 5.74) is 0.737. The van der Waals surface area contributed by atoms with E-state index in [-0.39, 0.29) is 5.41 Å². The summed E-state index contributed by atoms with van der Waals surface area (Å²) < 4.78 is 12.8. The van der Waals surface area contributed by atoms with E-state index >= 15 is 0 Å². The molecule has 0 aliphatic carbocycles. The van der Waals surface area contributed by atoms with Gasteiger partial charge in [-0.3, -0.25) is 4.57 Å². The van der Waals surface area contributed by atoms with Crippen LogP contribution in [0, 0.1) is 0 Å². The number of thioether (sulfide) groups is 1. The predicted octanol–water partition coefficient (Wildman–Crippen LogP) is 4.11. The Morgan fingerprint density at radius 1 is 1.26 bits per heavy atom. The molecular formula is C19H23N5O2S. The molecule has 2 heterocycles. The van der Waals surface area contributed by atoms with Crippen LogP contribution in [0.25, 0.3) is 11.4 Å². The number of allylic oxidation sites excluding steroid dienone is 1. The normalized spacial score (nSPS) is 11.6. The molecule has 0 fully saturated rings. The topological polar surface area (TPSA) is 78.9 Å². The van der Waals surface area contributed by atoms with E-state index < -0.39 is 0 Å². The van der Waals surface area contributed by atoms with Crippen molar-refractivity contribution in [3.05, 3.63) is 48.6 Å². The molecule has 0 radical (unpaired) electrons. The van der Waals surface area contributed by atoms with Gasteiger partial charge >= 0.3 is 0 Å². The number of ether oxygens (including phenoxy) is 1. The third-order valence-corrected chi connectivity index (χ3v) is 4.79. The molecule has 0 unspecified atom stereocenters. The summed E-state index contributed by atoms with van der Waals surface area (Å²) in [4.78, 5) is 4.47. The van der Waals surface area contributed by atoms with Gasteiger partial charge in [-0.2, -0.15) is 4.98 Å². The Balaban J connectivity index is 1.85. The van der Waals surface area contributed by atoms with Crippen molar-refractivity contribution in [3.63, 3.8) is 0 Å². The number of aromatic nitrogens is 5. The number of benzene rings is 1. The zero-order valence-electron chi connectivity index (χ0n) is 16.0. The quantitative estimate of drug-likeness (QED) is 0.447. The Bertz CT molecular complexity index is 926. The molecule has 0 atom stereocenters. The van der Waals surface area contributed by atoms with Crippen molar-refractivity contribution >= 4 is 11.8 Å². The smallest absolute Gasteiger partial charge is 0.237 e. The van der Waals surface area contributed by atoms with Gasteiger partial charge in [-0.15, -0.1) is 16.8 Å². The van der Waals surface area contributed by atoms with Crippen LogP contribution in [0.3, 0.4) is 0 Å². The molecule has 7 nitrogen and oxygen atoms in total. The lowest BCUT2D eigenvalue weighted by molar-refractivity contribution is 0.372. The van der Waals surface area contributed by atoms with Gasteiger partial charge < -0.3 is 9.26 Å². The van der Waals surface area contributed by atoms with Crippen molar-refractivity contribution in [3.8, 4) is 17.1 Å². The van der Waals surface area contributed by atoms with Crippen LogP contribution in [0.1, 0.15) is 32.5 Å². The number of nitrogens with zero attached hydrogens (tertiary/aromatic N) is 5. The Hall–Kier alpha value is -2.61. The van der Waals surface area contributed by atoms with E-state index in [2.05, 4.69) is 47.7 Å². The van der Waals surface area contributed by atoms with Gasteiger partial charge in [0.05, 0.1) is 18.4 Å². The first-order valence-electron chi connectivity index (χ1n) is 8.57. The fourth-order valence-corrected chi connectivity index (χ4v) is 3.25. The molecular weight excluding hydrogens is 362 g/mol. The summed E-state index contributed by atoms with van der Waals surface area (Å²) >= 11 is 1.50. The summed E-state index contributed by atoms with van der Waals surface area (Å²) in [5.74, 6) is 3.26. The average Bonchev–Trinajstić information content (AvgIpc) is 3.27. The van der Waals surface area contributed by atoms with Crippen molar-refractivity contribution in [1.82, 2.24) is 24.9 Å². The molecule has 0 aliphatic rings. The summed E-state index contributed by atoms with van der Waals surface area (Å²) in [5, 5.41) is 13.5. The maximum Gasteiger partial charge on any atom is 0.237 e. The van der Waals surface area contributed by atoms with Gasteiger partial charge in [0.1, 0.15) is 5.75 Å². The lowest BCUT2D eigenvalue weighted by Crippen LogP contribution is -2.13. The molecule has 3 aromatic rings. The molecule has 2 aromatic heterocycles. The van der Waals surface area contributed by atoms with Crippen LogP contribution in [-0.2, 0) is 17.7 Å². The predicted molar refractivity (Wildman–Crippen MR) is 105 cm³/mol. The third kappa shape index (κ3) is 4.21. The van der Waals surface area contributed by atoms with Crippen molar-refractivity contribution in [1.29, 1.82) is 0 Å². The summed E-state index contributed by atoms with van der Waals surface area (Å²) in [6.45, 7) is 10.6. The molecule has 0 spiro atoms. The van der Waals surface area contributed by atoms with Gasteiger partial charge in [0.15, 0.2) is 16.8 Å². The number of para-hydroxylation sites is 1. The zero-order chi connectivity index (χ0) is 19.4. The summed E-state index contributed by atoms with van der Waals surface area (Å²) in [6, 6.07) is 7.74. The minimum absolute atomic E-state index is 0.147. The molecule has 3 rings (SSSR count). The van der Waals surface area contributed by atoms with Crippen molar-refractivity contribution < 1.29 is 9.26 Å². The van der Waals surface area contributed by atoms with Crippen molar-refractivity contribution in [2.24, 2.45) is 0 Å². The third-order valence-electron chi connectivity index (χ3n) is 3.84. The van der Waals surface area contributed by atoms with Crippen LogP contribution in [0.15, 0.2) is 46.6 Å². The SMILES string of the molecule is C=CCn1c(SCc2nc(C(C)(C)C)no2)nnc1-c1ccccc1OC. The minimum Gasteiger partial charge on any atom is -0.496 e. The van der Waals surface area contributed by atoms with Crippen LogP contribution in [-0.4, -0.2) is 32.0 Å². The minimum atomic E-state index is -0.147. The lowest BCUT2D eigenvalue weighted by atomic mass is 9.96. The second-order valence-electron chi connectivity index (χ2n) is 6.96. The first kappa shape index (κ1) is 19.2. The molecule has 142 valence electrons. The van der Waals surface area contributed by atoms with E-state index in [9.17, 15) is 0 Å². The number of methoxy groups -OCH3 is 1. The number of hydrogen-bond donors (Lipinski definition) is 0. The fourth-order valence-electron chi connectivity index (χ4n) is 2.46. The highest BCUT2D eigenvalue weighted by atomic mass is 32.2.